The maximum Gasteiger partial charge on any atom is 0.412 e. The van der Waals surface area contributed by atoms with Crippen LogP contribution in [0.2, 0.25) is 0 Å². The summed E-state index contributed by atoms with van der Waals surface area (Å²) in [5.74, 6) is 0.218. The average molecular weight is 399 g/mol. The largest absolute Gasteiger partial charge is 0.445 e. The number of nitrogens with zero attached hydrogens (tertiary/aromatic N) is 2. The number of rotatable bonds is 5. The molecule has 2 aromatic rings. The number of benzene rings is 2. The van der Waals surface area contributed by atoms with E-state index in [1.807, 2.05) is 30.3 Å². The third kappa shape index (κ3) is 5.93. The normalized spacial score (nSPS) is 14.1. The smallest absolute Gasteiger partial charge is 0.412 e. The second kappa shape index (κ2) is 9.54. The summed E-state index contributed by atoms with van der Waals surface area (Å²) in [6.07, 6.45) is 0.149. The Hall–Kier alpha value is -3.62. The van der Waals surface area contributed by atoms with Gasteiger partial charge in [-0.1, -0.05) is 30.3 Å². The van der Waals surface area contributed by atoms with Crippen molar-refractivity contribution < 1.29 is 24.0 Å². The van der Waals surface area contributed by atoms with E-state index in [2.05, 4.69) is 5.32 Å². The Bertz CT molecular complexity index is 848. The summed E-state index contributed by atoms with van der Waals surface area (Å²) in [7, 11) is 0. The van der Waals surface area contributed by atoms with E-state index in [1.54, 1.807) is 4.90 Å². The highest BCUT2D eigenvalue weighted by molar-refractivity contribution is 5.71. The number of carbonyl (C=O) groups is 2. The molecule has 0 unspecified atom stereocenters. The minimum atomic E-state index is -0.635. The first-order valence-corrected chi connectivity index (χ1v) is 9.19. The molecule has 2 amide bonds. The molecule has 3 rings (SSSR count). The lowest BCUT2D eigenvalue weighted by Crippen LogP contribution is -2.47. The van der Waals surface area contributed by atoms with Crippen LogP contribution in [-0.2, 0) is 11.3 Å². The second-order valence-electron chi connectivity index (χ2n) is 6.59. The predicted octanol–water partition coefficient (Wildman–Crippen LogP) is 3.48. The summed E-state index contributed by atoms with van der Waals surface area (Å²) >= 11 is 0. The summed E-state index contributed by atoms with van der Waals surface area (Å²) in [5, 5.41) is 13.4. The zero-order valence-corrected chi connectivity index (χ0v) is 15.7. The quantitative estimate of drug-likeness (QED) is 0.609. The van der Waals surface area contributed by atoms with Crippen LogP contribution in [0.4, 0.5) is 15.3 Å². The minimum absolute atomic E-state index is 0.0794. The van der Waals surface area contributed by atoms with Crippen LogP contribution < -0.4 is 10.1 Å². The van der Waals surface area contributed by atoms with Gasteiger partial charge in [-0.25, -0.2) is 9.59 Å². The fourth-order valence-electron chi connectivity index (χ4n) is 2.96. The van der Waals surface area contributed by atoms with Crippen molar-refractivity contribution in [3.63, 3.8) is 0 Å². The Balaban J connectivity index is 1.39. The van der Waals surface area contributed by atoms with Crippen molar-refractivity contribution in [1.29, 1.82) is 0 Å². The van der Waals surface area contributed by atoms with Crippen LogP contribution in [0.5, 0.6) is 5.75 Å². The maximum atomic E-state index is 12.2. The number of carbonyl (C=O) groups excluding carboxylic acids is 2. The molecule has 0 spiro atoms. The Labute approximate surface area is 167 Å². The third-order valence-corrected chi connectivity index (χ3v) is 4.54. The zero-order valence-electron chi connectivity index (χ0n) is 15.7. The first-order chi connectivity index (χ1) is 14.0. The van der Waals surface area contributed by atoms with E-state index in [1.165, 1.54) is 24.3 Å². The molecule has 0 atom stereocenters. The highest BCUT2D eigenvalue weighted by Crippen LogP contribution is 2.18. The molecule has 152 valence electrons. The van der Waals surface area contributed by atoms with Crippen molar-refractivity contribution in [3.05, 3.63) is 70.3 Å². The molecule has 0 radical (unpaired) electrons. The van der Waals surface area contributed by atoms with Gasteiger partial charge in [0.05, 0.1) is 4.92 Å². The number of hydrogen-bond donors (Lipinski definition) is 1. The average Bonchev–Trinajstić information content (AvgIpc) is 2.73. The predicted molar refractivity (Wildman–Crippen MR) is 103 cm³/mol. The minimum Gasteiger partial charge on any atom is -0.445 e. The lowest BCUT2D eigenvalue weighted by Gasteiger charge is -2.31. The highest BCUT2D eigenvalue weighted by atomic mass is 16.6. The molecular formula is C20H21N3O6. The van der Waals surface area contributed by atoms with Crippen molar-refractivity contribution in [2.75, 3.05) is 13.1 Å². The summed E-state index contributed by atoms with van der Waals surface area (Å²) in [4.78, 5) is 35.9. The van der Waals surface area contributed by atoms with Crippen LogP contribution in [0.25, 0.3) is 0 Å². The highest BCUT2D eigenvalue weighted by Gasteiger charge is 2.25. The van der Waals surface area contributed by atoms with Gasteiger partial charge in [0.2, 0.25) is 0 Å². The number of piperidine rings is 1. The van der Waals surface area contributed by atoms with Gasteiger partial charge in [-0.15, -0.1) is 0 Å². The lowest BCUT2D eigenvalue weighted by molar-refractivity contribution is -0.384. The van der Waals surface area contributed by atoms with Crippen LogP contribution >= 0.6 is 0 Å². The zero-order chi connectivity index (χ0) is 20.6. The van der Waals surface area contributed by atoms with Gasteiger partial charge >= 0.3 is 12.2 Å². The number of hydrogen-bond acceptors (Lipinski definition) is 6. The monoisotopic (exact) mass is 399 g/mol. The summed E-state index contributed by atoms with van der Waals surface area (Å²) in [5.41, 5.74) is 0.843. The van der Waals surface area contributed by atoms with Gasteiger partial charge in [0, 0.05) is 31.3 Å². The van der Waals surface area contributed by atoms with Gasteiger partial charge in [0.15, 0.2) is 0 Å². The topological polar surface area (TPSA) is 111 Å². The van der Waals surface area contributed by atoms with E-state index in [0.717, 1.165) is 5.56 Å². The lowest BCUT2D eigenvalue weighted by atomic mass is 10.1. The molecule has 1 heterocycles. The van der Waals surface area contributed by atoms with Crippen LogP contribution in [-0.4, -0.2) is 41.1 Å². The van der Waals surface area contributed by atoms with Crippen LogP contribution in [0.15, 0.2) is 54.6 Å². The number of amides is 2. The van der Waals surface area contributed by atoms with Crippen LogP contribution in [0.3, 0.4) is 0 Å². The standard InChI is InChI=1S/C20H21N3O6/c24-19(29-18-8-6-17(7-9-18)23(26)27)21-16-10-12-22(13-11-16)20(25)28-14-15-4-2-1-3-5-15/h1-9,16H,10-14H2,(H,21,24). The summed E-state index contributed by atoms with van der Waals surface area (Å²) < 4.78 is 10.5. The van der Waals surface area contributed by atoms with E-state index < -0.39 is 11.0 Å². The number of likely N-dealkylation sites (tertiary alicyclic amines) is 1. The van der Waals surface area contributed by atoms with Gasteiger partial charge in [-0.05, 0) is 30.5 Å². The van der Waals surface area contributed by atoms with E-state index in [4.69, 9.17) is 9.47 Å². The molecule has 1 N–H and O–H groups in total. The molecule has 1 saturated heterocycles. The fourth-order valence-corrected chi connectivity index (χ4v) is 2.96. The fraction of sp³-hybridized carbons (Fsp3) is 0.300. The SMILES string of the molecule is O=C(NC1CCN(C(=O)OCc2ccccc2)CC1)Oc1ccc([N+](=O)[O-])cc1. The third-order valence-electron chi connectivity index (χ3n) is 4.54. The summed E-state index contributed by atoms with van der Waals surface area (Å²) in [6.45, 7) is 1.16. The van der Waals surface area contributed by atoms with Crippen LogP contribution in [0.1, 0.15) is 18.4 Å². The Morgan fingerprint density at radius 3 is 2.34 bits per heavy atom. The van der Waals surface area contributed by atoms with Crippen molar-refractivity contribution in [2.24, 2.45) is 0 Å². The molecule has 2 aromatic carbocycles. The molecule has 9 nitrogen and oxygen atoms in total. The van der Waals surface area contributed by atoms with Crippen molar-refractivity contribution in [2.45, 2.75) is 25.5 Å². The van der Waals surface area contributed by atoms with Gasteiger partial charge in [0.25, 0.3) is 5.69 Å². The second-order valence-corrected chi connectivity index (χ2v) is 6.59. The first kappa shape index (κ1) is 20.1. The Kier molecular flexibility index (Phi) is 6.62. The molecule has 0 aromatic heterocycles. The summed E-state index contributed by atoms with van der Waals surface area (Å²) in [6, 6.07) is 14.6. The molecule has 9 heteroatoms. The molecule has 1 aliphatic rings. The number of nitro benzene ring substituents is 1. The van der Waals surface area contributed by atoms with E-state index in [-0.39, 0.29) is 30.2 Å². The van der Waals surface area contributed by atoms with E-state index in [9.17, 15) is 19.7 Å². The Morgan fingerprint density at radius 2 is 1.72 bits per heavy atom. The Morgan fingerprint density at radius 1 is 1.07 bits per heavy atom. The number of nitro groups is 1. The molecular weight excluding hydrogens is 378 g/mol. The number of ether oxygens (including phenoxy) is 2. The molecule has 1 fully saturated rings. The van der Waals surface area contributed by atoms with Crippen molar-refractivity contribution >= 4 is 17.9 Å². The van der Waals surface area contributed by atoms with E-state index >= 15 is 0 Å². The maximum absolute atomic E-state index is 12.2. The number of nitrogens with one attached hydrogen (secondary N) is 1. The van der Waals surface area contributed by atoms with Gasteiger partial charge in [-0.3, -0.25) is 10.1 Å². The number of non-ortho nitro benzene ring substituents is 1. The van der Waals surface area contributed by atoms with Gasteiger partial charge in [-0.2, -0.15) is 0 Å². The molecule has 0 bridgehead atoms. The molecule has 1 aliphatic heterocycles. The molecule has 29 heavy (non-hydrogen) atoms. The molecule has 0 aliphatic carbocycles. The van der Waals surface area contributed by atoms with Crippen LogP contribution in [0, 0.1) is 10.1 Å². The van der Waals surface area contributed by atoms with Gasteiger partial charge < -0.3 is 19.7 Å². The van der Waals surface area contributed by atoms with Crippen molar-refractivity contribution in [3.8, 4) is 5.75 Å². The van der Waals surface area contributed by atoms with Gasteiger partial charge in [0.1, 0.15) is 12.4 Å². The van der Waals surface area contributed by atoms with E-state index in [0.29, 0.717) is 25.9 Å². The van der Waals surface area contributed by atoms with Crippen molar-refractivity contribution in [1.82, 2.24) is 10.2 Å². The first-order valence-electron chi connectivity index (χ1n) is 9.19. The molecule has 0 saturated carbocycles.